The van der Waals surface area contributed by atoms with Crippen molar-refractivity contribution in [2.24, 2.45) is 0 Å². The summed E-state index contributed by atoms with van der Waals surface area (Å²) in [5.74, 6) is 0. The van der Waals surface area contributed by atoms with Crippen LogP contribution in [0.2, 0.25) is 0 Å². The number of hydrogen-bond donors (Lipinski definition) is 0. The first-order valence-electron chi connectivity index (χ1n) is 4.30. The summed E-state index contributed by atoms with van der Waals surface area (Å²) >= 11 is -2.70. The van der Waals surface area contributed by atoms with Crippen molar-refractivity contribution >= 4 is 9.69 Å². The van der Waals surface area contributed by atoms with Crippen LogP contribution in [-0.2, 0) is 33.0 Å². The molecule has 0 aliphatic carbocycles. The van der Waals surface area contributed by atoms with E-state index in [1.807, 2.05) is 0 Å². The second kappa shape index (κ2) is 2.37. The second-order valence-corrected chi connectivity index (χ2v) is 14.1. The summed E-state index contributed by atoms with van der Waals surface area (Å²) in [5, 5.41) is 0. The molecule has 4 unspecified atom stereocenters. The van der Waals surface area contributed by atoms with Crippen LogP contribution in [-0.4, -0.2) is 54.1 Å². The Hall–Kier alpha value is 1.38. The summed E-state index contributed by atoms with van der Waals surface area (Å²) in [5.41, 5.74) is 0. The first kappa shape index (κ1) is 9.59. The normalized spacial score (nSPS) is 59.9. The van der Waals surface area contributed by atoms with Gasteiger partial charge in [0, 0.05) is 19.5 Å². The fourth-order valence-electron chi connectivity index (χ4n) is 2.67. The molecule has 0 aromatic carbocycles. The van der Waals surface area contributed by atoms with E-state index in [-0.39, 0.29) is 19.5 Å². The summed E-state index contributed by atoms with van der Waals surface area (Å²) in [4.78, 5) is 0. The zero-order valence-electron chi connectivity index (χ0n) is 7.12. The van der Waals surface area contributed by atoms with E-state index in [1.54, 1.807) is 0 Å². The molecular weight excluding hydrogens is 366 g/mol. The Labute approximate surface area is 96.3 Å². The molecule has 6 rings (SSSR count). The van der Waals surface area contributed by atoms with Crippen molar-refractivity contribution in [3.05, 3.63) is 0 Å². The van der Waals surface area contributed by atoms with Gasteiger partial charge in [-0.2, -0.15) is 0 Å². The molecule has 4 bridgehead atoms. The zero-order chi connectivity index (χ0) is 8.00. The fourth-order valence-corrected chi connectivity index (χ4v) is 14.6. The molecule has 79 valence electrons. The number of fused-ring (bicyclic) bond motifs is 2. The second-order valence-electron chi connectivity index (χ2n) is 3.63. The largest absolute Gasteiger partial charge is 0 e. The quantitative estimate of drug-likeness (QED) is 0.536. The summed E-state index contributed by atoms with van der Waals surface area (Å²) in [7, 11) is 6.94. The molecule has 6 saturated heterocycles. The van der Waals surface area contributed by atoms with E-state index in [0.717, 1.165) is 13.3 Å². The van der Waals surface area contributed by atoms with E-state index in [4.69, 9.17) is 9.69 Å². The number of nitrogens with zero attached hydrogens (tertiary/aromatic N) is 4. The van der Waals surface area contributed by atoms with Crippen LogP contribution in [0.1, 0.15) is 0 Å². The number of rotatable bonds is 0. The molecule has 0 N–H and O–H groups in total. The van der Waals surface area contributed by atoms with Crippen molar-refractivity contribution in [1.29, 1.82) is 0 Å². The van der Waals surface area contributed by atoms with Crippen LogP contribution >= 0.6 is 9.69 Å². The molecule has 7 heteroatoms. The summed E-state index contributed by atoms with van der Waals surface area (Å²) in [6.07, 6.45) is 0. The van der Waals surface area contributed by atoms with Gasteiger partial charge in [0.25, 0.3) is 0 Å². The van der Waals surface area contributed by atoms with Crippen LogP contribution in [0.15, 0.2) is 0 Å². The molecule has 6 aliphatic rings. The van der Waals surface area contributed by atoms with Crippen molar-refractivity contribution in [2.45, 2.75) is 0 Å². The molecule has 0 aromatic rings. The Bertz CT molecular complexity index is 226. The van der Waals surface area contributed by atoms with E-state index >= 15 is 0 Å². The maximum absolute atomic E-state index is 6.94. The average molecular weight is 378 g/mol. The third-order valence-electron chi connectivity index (χ3n) is 3.29. The van der Waals surface area contributed by atoms with Crippen molar-refractivity contribution in [3.63, 3.8) is 0 Å². The van der Waals surface area contributed by atoms with Crippen LogP contribution < -0.4 is 0 Å². The van der Waals surface area contributed by atoms with Gasteiger partial charge in [-0.25, -0.2) is 0 Å². The first-order chi connectivity index (χ1) is 5.75. The minimum Gasteiger partial charge on any atom is 0 e. The average Bonchev–Trinajstić information content (AvgIpc) is 2.75. The van der Waals surface area contributed by atoms with Gasteiger partial charge in [0.05, 0.1) is 0 Å². The SMILES string of the molecule is [Cl][Ru]12([N]3CC[N]1C3)[N]1CC[N]2C1.[Ru]. The Balaban J connectivity index is 0.000000562. The van der Waals surface area contributed by atoms with E-state index in [0.29, 0.717) is 0 Å². The Morgan fingerprint density at radius 2 is 1.08 bits per heavy atom. The molecule has 0 saturated carbocycles. The molecule has 0 aromatic heterocycles. The minimum atomic E-state index is -2.70. The smallest absolute Gasteiger partial charge is 0 e. The molecule has 0 radical (unpaired) electrons. The van der Waals surface area contributed by atoms with Gasteiger partial charge >= 0.3 is 77.3 Å². The van der Waals surface area contributed by atoms with Crippen LogP contribution in [0.5, 0.6) is 0 Å². The van der Waals surface area contributed by atoms with Gasteiger partial charge in [-0.3, -0.25) is 0 Å². The summed E-state index contributed by atoms with van der Waals surface area (Å²) in [6, 6.07) is 0. The molecule has 13 heavy (non-hydrogen) atoms. The molecule has 6 aliphatic heterocycles. The number of hydrogen-bond acceptors (Lipinski definition) is 4. The van der Waals surface area contributed by atoms with Gasteiger partial charge in [0.2, 0.25) is 0 Å². The predicted octanol–water partition coefficient (Wildman–Crippen LogP) is -0.335. The predicted molar refractivity (Wildman–Crippen MR) is 42.4 cm³/mol. The zero-order valence-corrected chi connectivity index (χ0v) is 11.3. The molecule has 6 fully saturated rings. The van der Waals surface area contributed by atoms with Crippen molar-refractivity contribution in [2.75, 3.05) is 39.5 Å². The topological polar surface area (TPSA) is 13.0 Å². The van der Waals surface area contributed by atoms with Crippen LogP contribution in [0.25, 0.3) is 0 Å². The van der Waals surface area contributed by atoms with E-state index < -0.39 is 13.6 Å². The molecule has 4 atom stereocenters. The minimum absolute atomic E-state index is 0. The van der Waals surface area contributed by atoms with Gasteiger partial charge in [-0.15, -0.1) is 0 Å². The van der Waals surface area contributed by atoms with E-state index in [9.17, 15) is 0 Å². The molecule has 6 heterocycles. The van der Waals surface area contributed by atoms with E-state index in [1.165, 1.54) is 26.2 Å². The van der Waals surface area contributed by atoms with Gasteiger partial charge in [-0.05, 0) is 0 Å². The van der Waals surface area contributed by atoms with Gasteiger partial charge in [-0.1, -0.05) is 0 Å². The third-order valence-corrected chi connectivity index (χ3v) is 17.4. The Morgan fingerprint density at radius 1 is 0.769 bits per heavy atom. The Morgan fingerprint density at radius 3 is 1.31 bits per heavy atom. The van der Waals surface area contributed by atoms with Crippen LogP contribution in [0.4, 0.5) is 0 Å². The Kier molecular flexibility index (Phi) is 1.75. The van der Waals surface area contributed by atoms with E-state index in [2.05, 4.69) is 14.6 Å². The van der Waals surface area contributed by atoms with Crippen molar-refractivity contribution in [3.8, 4) is 0 Å². The van der Waals surface area contributed by atoms with Crippen LogP contribution in [0, 0.1) is 0 Å². The molecule has 1 spiro atoms. The van der Waals surface area contributed by atoms with Crippen LogP contribution in [0.3, 0.4) is 0 Å². The van der Waals surface area contributed by atoms with Crippen molar-refractivity contribution in [1.82, 2.24) is 14.6 Å². The summed E-state index contributed by atoms with van der Waals surface area (Å²) < 4.78 is 10.2. The first-order valence-corrected chi connectivity index (χ1v) is 9.64. The van der Waals surface area contributed by atoms with Gasteiger partial charge < -0.3 is 0 Å². The maximum Gasteiger partial charge on any atom is 0 e. The standard InChI is InChI=1S/2C3H6N2.ClH.2Ru/c2*1-2-5-3-4-1;;;/h2*1-3H2;1H;;/q2*-2;;;+5/p-1. The van der Waals surface area contributed by atoms with Crippen molar-refractivity contribution < 1.29 is 33.0 Å². The molecular formula is C6H12ClN4Ru2. The maximum atomic E-state index is 6.94. The number of halogens is 1. The fraction of sp³-hybridized carbons (Fsp3) is 1.00. The third kappa shape index (κ3) is 0.656. The molecule has 4 nitrogen and oxygen atoms in total. The summed E-state index contributed by atoms with van der Waals surface area (Å²) in [6.45, 7) is 7.12. The monoisotopic (exact) mass is 379 g/mol. The molecule has 0 amide bonds. The van der Waals surface area contributed by atoms with Gasteiger partial charge in [0.1, 0.15) is 0 Å². The van der Waals surface area contributed by atoms with Gasteiger partial charge in [0.15, 0.2) is 0 Å².